The minimum absolute atomic E-state index is 0.0289. The summed E-state index contributed by atoms with van der Waals surface area (Å²) in [4.78, 5) is 34.6. The highest BCUT2D eigenvalue weighted by Gasteiger charge is 2.28. The van der Waals surface area contributed by atoms with Crippen molar-refractivity contribution in [1.29, 1.82) is 0 Å². The number of benzene rings is 3. The van der Waals surface area contributed by atoms with E-state index in [1.807, 2.05) is 41.3 Å². The number of hydrogen-bond acceptors (Lipinski definition) is 5. The molecule has 0 spiro atoms. The molecular weight excluding hydrogens is 464 g/mol. The fraction of sp³-hybridized carbons (Fsp3) is 0.233. The summed E-state index contributed by atoms with van der Waals surface area (Å²) in [6.45, 7) is 2.69. The van der Waals surface area contributed by atoms with Gasteiger partial charge in [0.15, 0.2) is 0 Å². The number of para-hydroxylation sites is 1. The average Bonchev–Trinajstić information content (AvgIpc) is 2.96. The van der Waals surface area contributed by atoms with Crippen molar-refractivity contribution in [1.82, 2.24) is 19.4 Å². The van der Waals surface area contributed by atoms with Crippen molar-refractivity contribution in [2.24, 2.45) is 0 Å². The van der Waals surface area contributed by atoms with Crippen LogP contribution in [0.2, 0.25) is 0 Å². The van der Waals surface area contributed by atoms with E-state index in [0.717, 1.165) is 18.7 Å². The van der Waals surface area contributed by atoms with Crippen molar-refractivity contribution in [3.8, 4) is 17.0 Å². The number of carbonyl (C=O) groups is 1. The molecule has 0 atom stereocenters. The second-order valence-electron chi connectivity index (χ2n) is 9.08. The first-order valence-corrected chi connectivity index (χ1v) is 12.5. The van der Waals surface area contributed by atoms with E-state index in [4.69, 9.17) is 4.74 Å². The van der Waals surface area contributed by atoms with Crippen LogP contribution in [0.4, 0.5) is 0 Å². The summed E-state index contributed by atoms with van der Waals surface area (Å²) >= 11 is 0. The zero-order valence-electron chi connectivity index (χ0n) is 20.9. The Morgan fingerprint density at radius 2 is 1.46 bits per heavy atom. The molecule has 1 saturated heterocycles. The lowest BCUT2D eigenvalue weighted by Crippen LogP contribution is -2.51. The van der Waals surface area contributed by atoms with Gasteiger partial charge in [0.2, 0.25) is 5.91 Å². The molecule has 4 aromatic rings. The summed E-state index contributed by atoms with van der Waals surface area (Å²) in [5.74, 6) is 0.565. The Balaban J connectivity index is 1.26. The highest BCUT2D eigenvalue weighted by molar-refractivity contribution is 5.76. The molecule has 1 aliphatic rings. The number of hydrogen-bond donors (Lipinski definition) is 0. The summed E-state index contributed by atoms with van der Waals surface area (Å²) in [5.41, 5.74) is 3.47. The highest BCUT2D eigenvalue weighted by Crippen LogP contribution is 2.30. The second kappa shape index (κ2) is 11.2. The molecule has 7 heteroatoms. The van der Waals surface area contributed by atoms with Gasteiger partial charge >= 0.3 is 0 Å². The van der Waals surface area contributed by atoms with Gasteiger partial charge in [0, 0.05) is 37.8 Å². The van der Waals surface area contributed by atoms with E-state index in [1.54, 1.807) is 7.11 Å². The van der Waals surface area contributed by atoms with Crippen LogP contribution in [0, 0.1) is 0 Å². The van der Waals surface area contributed by atoms with E-state index in [9.17, 15) is 9.59 Å². The molecule has 7 nitrogen and oxygen atoms in total. The number of methoxy groups -OCH3 is 1. The van der Waals surface area contributed by atoms with Crippen molar-refractivity contribution in [2.75, 3.05) is 33.3 Å². The molecule has 1 fully saturated rings. The molecule has 3 aromatic carbocycles. The average molecular weight is 495 g/mol. The SMILES string of the molecule is COc1ccccc1-c1cc(=O)n(CC(=O)N2CCN(C(c3ccccc3)c3ccccc3)CC2)cn1. The van der Waals surface area contributed by atoms with Crippen LogP contribution >= 0.6 is 0 Å². The number of amides is 1. The molecular formula is C30H30N4O3. The number of piperazine rings is 1. The van der Waals surface area contributed by atoms with Gasteiger partial charge in [-0.05, 0) is 23.3 Å². The lowest BCUT2D eigenvalue weighted by atomic mass is 9.96. The molecule has 0 N–H and O–H groups in total. The molecule has 5 rings (SSSR count). The van der Waals surface area contributed by atoms with Gasteiger partial charge in [-0.15, -0.1) is 0 Å². The molecule has 2 heterocycles. The Morgan fingerprint density at radius 1 is 0.865 bits per heavy atom. The van der Waals surface area contributed by atoms with E-state index >= 15 is 0 Å². The maximum absolute atomic E-state index is 13.1. The summed E-state index contributed by atoms with van der Waals surface area (Å²) in [7, 11) is 1.58. The van der Waals surface area contributed by atoms with Crippen molar-refractivity contribution < 1.29 is 9.53 Å². The normalized spacial score (nSPS) is 14.1. The van der Waals surface area contributed by atoms with Gasteiger partial charge in [-0.3, -0.25) is 19.1 Å². The van der Waals surface area contributed by atoms with E-state index in [1.165, 1.54) is 28.1 Å². The molecule has 188 valence electrons. The summed E-state index contributed by atoms with van der Waals surface area (Å²) in [6, 6.07) is 29.9. The smallest absolute Gasteiger partial charge is 0.254 e. The molecule has 1 aromatic heterocycles. The van der Waals surface area contributed by atoms with Gasteiger partial charge in [-0.1, -0.05) is 72.8 Å². The largest absolute Gasteiger partial charge is 0.496 e. The zero-order chi connectivity index (χ0) is 25.6. The topological polar surface area (TPSA) is 67.7 Å². The number of nitrogens with zero attached hydrogens (tertiary/aromatic N) is 4. The standard InChI is InChI=1S/C30H30N4O3/c1-37-27-15-9-8-14-25(27)26-20-28(35)34(22-31-26)21-29(36)32-16-18-33(19-17-32)30(23-10-4-2-5-11-23)24-12-6-3-7-13-24/h2-15,20,22,30H,16-19,21H2,1H3. The van der Waals surface area contributed by atoms with E-state index in [2.05, 4.69) is 58.4 Å². The third kappa shape index (κ3) is 5.47. The second-order valence-corrected chi connectivity index (χ2v) is 9.08. The Labute approximate surface area is 216 Å². The first kappa shape index (κ1) is 24.5. The van der Waals surface area contributed by atoms with Crippen LogP contribution in [0.1, 0.15) is 17.2 Å². The van der Waals surface area contributed by atoms with Gasteiger partial charge in [-0.2, -0.15) is 0 Å². The maximum atomic E-state index is 13.1. The fourth-order valence-corrected chi connectivity index (χ4v) is 4.91. The minimum Gasteiger partial charge on any atom is -0.496 e. The van der Waals surface area contributed by atoms with Gasteiger partial charge in [0.25, 0.3) is 5.56 Å². The van der Waals surface area contributed by atoms with Crippen molar-refractivity contribution in [3.63, 3.8) is 0 Å². The summed E-state index contributed by atoms with van der Waals surface area (Å²) in [6.07, 6.45) is 1.44. The third-order valence-electron chi connectivity index (χ3n) is 6.83. The van der Waals surface area contributed by atoms with E-state index in [-0.39, 0.29) is 24.1 Å². The van der Waals surface area contributed by atoms with Crippen LogP contribution in [0.25, 0.3) is 11.3 Å². The van der Waals surface area contributed by atoms with Crippen LogP contribution in [0.5, 0.6) is 5.75 Å². The molecule has 0 saturated carbocycles. The highest BCUT2D eigenvalue weighted by atomic mass is 16.5. The Bertz CT molecular complexity index is 1360. The van der Waals surface area contributed by atoms with Crippen LogP contribution in [0.15, 0.2) is 102 Å². The fourth-order valence-electron chi connectivity index (χ4n) is 4.91. The molecule has 0 radical (unpaired) electrons. The first-order valence-electron chi connectivity index (χ1n) is 12.5. The van der Waals surface area contributed by atoms with Gasteiger partial charge < -0.3 is 9.64 Å². The molecule has 37 heavy (non-hydrogen) atoms. The first-order chi connectivity index (χ1) is 18.1. The number of ether oxygens (including phenoxy) is 1. The van der Waals surface area contributed by atoms with E-state index < -0.39 is 0 Å². The number of rotatable bonds is 7. The zero-order valence-corrected chi connectivity index (χ0v) is 20.9. The summed E-state index contributed by atoms with van der Waals surface area (Å²) < 4.78 is 6.75. The van der Waals surface area contributed by atoms with Crippen molar-refractivity contribution in [2.45, 2.75) is 12.6 Å². The molecule has 1 aliphatic heterocycles. The third-order valence-corrected chi connectivity index (χ3v) is 6.83. The summed E-state index contributed by atoms with van der Waals surface area (Å²) in [5, 5.41) is 0. The predicted octanol–water partition coefficient (Wildman–Crippen LogP) is 3.85. The Hall–Kier alpha value is -4.23. The Morgan fingerprint density at radius 3 is 2.05 bits per heavy atom. The lowest BCUT2D eigenvalue weighted by Gasteiger charge is -2.39. The monoisotopic (exact) mass is 494 g/mol. The van der Waals surface area contributed by atoms with Crippen molar-refractivity contribution >= 4 is 5.91 Å². The van der Waals surface area contributed by atoms with Gasteiger partial charge in [0.05, 0.1) is 25.2 Å². The Kier molecular flexibility index (Phi) is 7.42. The van der Waals surface area contributed by atoms with Gasteiger partial charge in [-0.25, -0.2) is 4.98 Å². The lowest BCUT2D eigenvalue weighted by molar-refractivity contribution is -0.133. The number of carbonyl (C=O) groups excluding carboxylic acids is 1. The molecule has 0 aliphatic carbocycles. The molecule has 0 unspecified atom stereocenters. The maximum Gasteiger partial charge on any atom is 0.254 e. The van der Waals surface area contributed by atoms with Crippen LogP contribution in [0.3, 0.4) is 0 Å². The molecule has 0 bridgehead atoms. The van der Waals surface area contributed by atoms with Gasteiger partial charge in [0.1, 0.15) is 12.3 Å². The van der Waals surface area contributed by atoms with Crippen LogP contribution in [-0.2, 0) is 11.3 Å². The van der Waals surface area contributed by atoms with Crippen LogP contribution < -0.4 is 10.3 Å². The van der Waals surface area contributed by atoms with E-state index in [0.29, 0.717) is 24.5 Å². The molecule has 1 amide bonds. The number of aromatic nitrogens is 2. The van der Waals surface area contributed by atoms with Crippen LogP contribution in [-0.4, -0.2) is 58.5 Å². The quantitative estimate of drug-likeness (QED) is 0.390. The predicted molar refractivity (Wildman–Crippen MR) is 143 cm³/mol. The minimum atomic E-state index is -0.267. The van der Waals surface area contributed by atoms with Crippen molar-refractivity contribution in [3.05, 3.63) is 119 Å².